The smallest absolute Gasteiger partial charge is 0.360 e. The van der Waals surface area contributed by atoms with Crippen molar-refractivity contribution in [2.75, 3.05) is 19.5 Å². The normalized spacial score (nSPS) is 10.3. The van der Waals surface area contributed by atoms with Gasteiger partial charge in [0.25, 0.3) is 0 Å². The molecular formula is C15H14ClFN2O4. The Balaban J connectivity index is 2.50. The van der Waals surface area contributed by atoms with Crippen molar-refractivity contribution in [2.24, 2.45) is 0 Å². The largest absolute Gasteiger partial charge is 0.493 e. The van der Waals surface area contributed by atoms with E-state index in [1.54, 1.807) is 6.92 Å². The number of ether oxygens (including phenoxy) is 3. The zero-order valence-corrected chi connectivity index (χ0v) is 13.2. The average molecular weight is 341 g/mol. The molecule has 2 aromatic rings. The van der Waals surface area contributed by atoms with Crippen LogP contribution in [0, 0.1) is 5.82 Å². The molecule has 0 saturated heterocycles. The minimum Gasteiger partial charge on any atom is -0.493 e. The molecular weight excluding hydrogens is 327 g/mol. The lowest BCUT2D eigenvalue weighted by Gasteiger charge is -2.14. The summed E-state index contributed by atoms with van der Waals surface area (Å²) in [7, 11) is 1.40. The van der Waals surface area contributed by atoms with Crippen molar-refractivity contribution in [1.82, 2.24) is 4.98 Å². The highest BCUT2D eigenvalue weighted by molar-refractivity contribution is 6.32. The van der Waals surface area contributed by atoms with E-state index in [1.165, 1.54) is 25.4 Å². The lowest BCUT2D eigenvalue weighted by atomic mass is 10.2. The van der Waals surface area contributed by atoms with Gasteiger partial charge in [0.05, 0.1) is 24.4 Å². The number of carbonyl (C=O) groups excluding carboxylic acids is 1. The number of aromatic nitrogens is 1. The van der Waals surface area contributed by atoms with E-state index in [4.69, 9.17) is 31.5 Å². The number of benzene rings is 1. The number of nitrogens with zero attached hydrogens (tertiary/aromatic N) is 1. The summed E-state index contributed by atoms with van der Waals surface area (Å²) < 4.78 is 29.1. The molecule has 0 atom stereocenters. The van der Waals surface area contributed by atoms with Crippen LogP contribution in [0.1, 0.15) is 17.4 Å². The summed E-state index contributed by atoms with van der Waals surface area (Å²) in [5.41, 5.74) is 5.27. The molecule has 1 heterocycles. The number of esters is 1. The number of nitrogen functional groups attached to an aromatic ring is 1. The quantitative estimate of drug-likeness (QED) is 0.663. The molecule has 122 valence electrons. The zero-order valence-electron chi connectivity index (χ0n) is 12.4. The van der Waals surface area contributed by atoms with Crippen LogP contribution in [0.4, 0.5) is 10.1 Å². The Hall–Kier alpha value is -2.54. The summed E-state index contributed by atoms with van der Waals surface area (Å²) in [6.45, 7) is 1.83. The van der Waals surface area contributed by atoms with Gasteiger partial charge >= 0.3 is 5.97 Å². The molecule has 0 amide bonds. The lowest BCUT2D eigenvalue weighted by molar-refractivity contribution is 0.0515. The molecule has 0 aliphatic heterocycles. The molecule has 0 fully saturated rings. The van der Waals surface area contributed by atoms with Crippen LogP contribution < -0.4 is 15.2 Å². The third-order valence-corrected chi connectivity index (χ3v) is 3.12. The number of hydrogen-bond acceptors (Lipinski definition) is 6. The second-order valence-electron chi connectivity index (χ2n) is 4.32. The van der Waals surface area contributed by atoms with Crippen LogP contribution in [0.3, 0.4) is 0 Å². The first kappa shape index (κ1) is 16.8. The second-order valence-corrected chi connectivity index (χ2v) is 4.72. The van der Waals surface area contributed by atoms with Crippen molar-refractivity contribution >= 4 is 23.3 Å². The van der Waals surface area contributed by atoms with Gasteiger partial charge < -0.3 is 19.9 Å². The fraction of sp³-hybridized carbons (Fsp3) is 0.200. The monoisotopic (exact) mass is 340 g/mol. The van der Waals surface area contributed by atoms with Crippen molar-refractivity contribution in [1.29, 1.82) is 0 Å². The molecule has 2 rings (SSSR count). The molecule has 2 N–H and O–H groups in total. The lowest BCUT2D eigenvalue weighted by Crippen LogP contribution is -2.10. The number of pyridine rings is 1. The summed E-state index contributed by atoms with van der Waals surface area (Å²) in [6.07, 6.45) is 1.37. The average Bonchev–Trinajstić information content (AvgIpc) is 2.52. The minimum absolute atomic E-state index is 0.00126. The Labute approximate surface area is 136 Å². The van der Waals surface area contributed by atoms with E-state index in [9.17, 15) is 9.18 Å². The van der Waals surface area contributed by atoms with Gasteiger partial charge in [-0.15, -0.1) is 0 Å². The predicted octanol–water partition coefficient (Wildman–Crippen LogP) is 3.43. The van der Waals surface area contributed by atoms with Crippen molar-refractivity contribution in [2.45, 2.75) is 6.92 Å². The van der Waals surface area contributed by atoms with Gasteiger partial charge in [-0.3, -0.25) is 0 Å². The molecule has 1 aromatic heterocycles. The standard InChI is InChI=1S/C15H14ClFN2O4/c1-3-22-15(20)13-14(11(21-2)4-5-19-13)23-12-7-10(18)9(17)6-8(12)16/h4-7H,3,18H2,1-2H3. The fourth-order valence-electron chi connectivity index (χ4n) is 1.77. The molecule has 0 unspecified atom stereocenters. The summed E-state index contributed by atoms with van der Waals surface area (Å²) in [5.74, 6) is -1.07. The first-order chi connectivity index (χ1) is 11.0. The molecule has 0 bridgehead atoms. The Morgan fingerprint density at radius 1 is 1.39 bits per heavy atom. The van der Waals surface area contributed by atoms with Crippen LogP contribution in [0.25, 0.3) is 0 Å². The molecule has 0 aliphatic rings. The molecule has 23 heavy (non-hydrogen) atoms. The number of halogens is 2. The first-order valence-corrected chi connectivity index (χ1v) is 6.98. The van der Waals surface area contributed by atoms with Crippen molar-refractivity contribution in [3.05, 3.63) is 40.9 Å². The fourth-order valence-corrected chi connectivity index (χ4v) is 1.96. The highest BCUT2D eigenvalue weighted by Crippen LogP contribution is 2.38. The van der Waals surface area contributed by atoms with Crippen LogP contribution in [-0.4, -0.2) is 24.7 Å². The molecule has 1 aromatic carbocycles. The predicted molar refractivity (Wildman–Crippen MR) is 82.6 cm³/mol. The van der Waals surface area contributed by atoms with Crippen LogP contribution in [0.5, 0.6) is 17.2 Å². The van der Waals surface area contributed by atoms with Crippen molar-refractivity contribution < 1.29 is 23.4 Å². The van der Waals surface area contributed by atoms with Crippen LogP contribution >= 0.6 is 11.6 Å². The Bertz CT molecular complexity index is 740. The summed E-state index contributed by atoms with van der Waals surface area (Å²) in [4.78, 5) is 15.9. The van der Waals surface area contributed by atoms with Gasteiger partial charge in [-0.05, 0) is 13.0 Å². The summed E-state index contributed by atoms with van der Waals surface area (Å²) in [5, 5.41) is -0.0163. The molecule has 0 spiro atoms. The van der Waals surface area contributed by atoms with E-state index in [-0.39, 0.29) is 40.3 Å². The van der Waals surface area contributed by atoms with E-state index in [2.05, 4.69) is 4.98 Å². The van der Waals surface area contributed by atoms with Crippen molar-refractivity contribution in [3.63, 3.8) is 0 Å². The molecule has 0 aliphatic carbocycles. The maximum Gasteiger partial charge on any atom is 0.360 e. The van der Waals surface area contributed by atoms with Crippen LogP contribution in [-0.2, 0) is 4.74 Å². The van der Waals surface area contributed by atoms with E-state index in [0.717, 1.165) is 6.07 Å². The van der Waals surface area contributed by atoms with Crippen molar-refractivity contribution in [3.8, 4) is 17.2 Å². The summed E-state index contributed by atoms with van der Waals surface area (Å²) in [6, 6.07) is 3.72. The number of carbonyl (C=O) groups is 1. The van der Waals surface area contributed by atoms with Gasteiger partial charge in [-0.2, -0.15) is 0 Å². The Morgan fingerprint density at radius 3 is 2.78 bits per heavy atom. The first-order valence-electron chi connectivity index (χ1n) is 6.60. The topological polar surface area (TPSA) is 83.7 Å². The van der Waals surface area contributed by atoms with Gasteiger partial charge in [0.15, 0.2) is 11.4 Å². The molecule has 8 heteroatoms. The van der Waals surface area contributed by atoms with Crippen LogP contribution in [0.15, 0.2) is 24.4 Å². The van der Waals surface area contributed by atoms with E-state index in [1.807, 2.05) is 0 Å². The van der Waals surface area contributed by atoms with Gasteiger partial charge in [-0.1, -0.05) is 11.6 Å². The second kappa shape index (κ2) is 7.15. The molecule has 0 radical (unpaired) electrons. The summed E-state index contributed by atoms with van der Waals surface area (Å²) >= 11 is 5.94. The maximum absolute atomic E-state index is 13.4. The highest BCUT2D eigenvalue weighted by Gasteiger charge is 2.22. The molecule has 6 nitrogen and oxygen atoms in total. The SMILES string of the molecule is CCOC(=O)c1nccc(OC)c1Oc1cc(N)c(F)cc1Cl. The van der Waals surface area contributed by atoms with Gasteiger partial charge in [0.2, 0.25) is 5.75 Å². The number of rotatable bonds is 5. The highest BCUT2D eigenvalue weighted by atomic mass is 35.5. The number of nitrogens with two attached hydrogens (primary N) is 1. The maximum atomic E-state index is 13.4. The zero-order chi connectivity index (χ0) is 17.0. The minimum atomic E-state index is -0.687. The number of methoxy groups -OCH3 is 1. The van der Waals surface area contributed by atoms with Gasteiger partial charge in [0, 0.05) is 18.3 Å². The number of hydrogen-bond donors (Lipinski definition) is 1. The van der Waals surface area contributed by atoms with Crippen LogP contribution in [0.2, 0.25) is 5.02 Å². The van der Waals surface area contributed by atoms with Gasteiger partial charge in [0.1, 0.15) is 11.6 Å². The Morgan fingerprint density at radius 2 is 2.13 bits per heavy atom. The Kier molecular flexibility index (Phi) is 5.23. The van der Waals surface area contributed by atoms with E-state index < -0.39 is 11.8 Å². The van der Waals surface area contributed by atoms with E-state index in [0.29, 0.717) is 0 Å². The third-order valence-electron chi connectivity index (χ3n) is 2.82. The molecule has 0 saturated carbocycles. The van der Waals surface area contributed by atoms with E-state index >= 15 is 0 Å². The number of anilines is 1. The van der Waals surface area contributed by atoms with Gasteiger partial charge in [-0.25, -0.2) is 14.2 Å². The third kappa shape index (κ3) is 3.62.